The molecule has 0 amide bonds. The van der Waals surface area contributed by atoms with E-state index in [2.05, 4.69) is 20.8 Å². The molecule has 0 aliphatic carbocycles. The van der Waals surface area contributed by atoms with Crippen molar-refractivity contribution in [1.82, 2.24) is 0 Å². The van der Waals surface area contributed by atoms with Crippen LogP contribution in [0.1, 0.15) is 33.6 Å². The molecule has 0 atom stereocenters. The third-order valence-corrected chi connectivity index (χ3v) is 1.28. The maximum atomic E-state index is 9.84. The van der Waals surface area contributed by atoms with Gasteiger partial charge in [-0.25, -0.2) is 0 Å². The molecule has 1 nitrogen and oxygen atoms in total. The quantitative estimate of drug-likeness (QED) is 0.435. The summed E-state index contributed by atoms with van der Waals surface area (Å²) in [4.78, 5) is 9.84. The predicted molar refractivity (Wildman–Crippen MR) is 43.9 cm³/mol. The van der Waals surface area contributed by atoms with Crippen LogP contribution < -0.4 is 0 Å². The molecule has 0 radical (unpaired) electrons. The van der Waals surface area contributed by atoms with E-state index >= 15 is 0 Å². The second kappa shape index (κ2) is 4.26. The summed E-state index contributed by atoms with van der Waals surface area (Å²) in [5.41, 5.74) is 0.382. The Balaban J connectivity index is 3.37. The van der Waals surface area contributed by atoms with Crippen molar-refractivity contribution < 1.29 is 4.79 Å². The fraction of sp³-hybridized carbons (Fsp3) is 0.667. The third kappa shape index (κ3) is 7.41. The highest BCUT2D eigenvalue weighted by molar-refractivity contribution is 5.64. The van der Waals surface area contributed by atoms with Gasteiger partial charge in [-0.05, 0) is 24.3 Å². The minimum absolute atomic E-state index is 0.382. The highest BCUT2D eigenvalue weighted by atomic mass is 16.1. The van der Waals surface area contributed by atoms with Crippen LogP contribution in [0.4, 0.5) is 0 Å². The Morgan fingerprint density at radius 1 is 1.30 bits per heavy atom. The van der Waals surface area contributed by atoms with Gasteiger partial charge in [0.1, 0.15) is 6.29 Å². The predicted octanol–water partition coefficient (Wildman–Crippen LogP) is 2.57. The molecule has 0 aromatic carbocycles. The molecule has 0 bridgehead atoms. The van der Waals surface area contributed by atoms with E-state index in [0.717, 1.165) is 19.1 Å². The van der Waals surface area contributed by atoms with Crippen molar-refractivity contribution in [2.45, 2.75) is 33.6 Å². The van der Waals surface area contributed by atoms with Gasteiger partial charge in [-0.2, -0.15) is 0 Å². The normalized spacial score (nSPS) is 12.3. The van der Waals surface area contributed by atoms with Gasteiger partial charge in [0.05, 0.1) is 0 Å². The van der Waals surface area contributed by atoms with Crippen LogP contribution in [-0.4, -0.2) is 6.29 Å². The molecule has 0 fully saturated rings. The molecular formula is C9H16O. The Kier molecular flexibility index (Phi) is 4.01. The first-order valence-electron chi connectivity index (χ1n) is 3.66. The maximum Gasteiger partial charge on any atom is 0.142 e. The van der Waals surface area contributed by atoms with Crippen molar-refractivity contribution in [2.75, 3.05) is 0 Å². The van der Waals surface area contributed by atoms with Crippen molar-refractivity contribution in [3.63, 3.8) is 0 Å². The van der Waals surface area contributed by atoms with Crippen LogP contribution in [0.5, 0.6) is 0 Å². The zero-order chi connectivity index (χ0) is 8.04. The SMILES string of the molecule is CC(C)(C)CCC=CC=O. The van der Waals surface area contributed by atoms with Crippen molar-refractivity contribution in [3.8, 4) is 0 Å². The lowest BCUT2D eigenvalue weighted by Gasteiger charge is -2.15. The first-order chi connectivity index (χ1) is 4.56. The third-order valence-electron chi connectivity index (χ3n) is 1.28. The molecule has 0 aliphatic rings. The van der Waals surface area contributed by atoms with Gasteiger partial charge < -0.3 is 0 Å². The molecule has 10 heavy (non-hydrogen) atoms. The van der Waals surface area contributed by atoms with Crippen molar-refractivity contribution in [3.05, 3.63) is 12.2 Å². The van der Waals surface area contributed by atoms with Gasteiger partial charge in [0.25, 0.3) is 0 Å². The lowest BCUT2D eigenvalue weighted by molar-refractivity contribution is -0.104. The average Bonchev–Trinajstić information content (AvgIpc) is 1.78. The molecule has 0 spiro atoms. The number of hydrogen-bond donors (Lipinski definition) is 0. The Hall–Kier alpha value is -0.590. The summed E-state index contributed by atoms with van der Waals surface area (Å²) >= 11 is 0. The minimum atomic E-state index is 0.382. The Labute approximate surface area is 63.1 Å². The van der Waals surface area contributed by atoms with Gasteiger partial charge >= 0.3 is 0 Å². The maximum absolute atomic E-state index is 9.84. The van der Waals surface area contributed by atoms with Crippen LogP contribution in [0.3, 0.4) is 0 Å². The second-order valence-corrected chi connectivity index (χ2v) is 3.66. The van der Waals surface area contributed by atoms with Crippen LogP contribution in [0.15, 0.2) is 12.2 Å². The van der Waals surface area contributed by atoms with E-state index < -0.39 is 0 Å². The standard InChI is InChI=1S/C9H16O/c1-9(2,3)7-5-4-6-8-10/h4,6,8H,5,7H2,1-3H3. The molecular weight excluding hydrogens is 124 g/mol. The number of carbonyl (C=O) groups is 1. The topological polar surface area (TPSA) is 17.1 Å². The smallest absolute Gasteiger partial charge is 0.142 e. The summed E-state index contributed by atoms with van der Waals surface area (Å²) in [6.45, 7) is 6.59. The molecule has 58 valence electrons. The lowest BCUT2D eigenvalue weighted by atomic mass is 9.91. The van der Waals surface area contributed by atoms with E-state index in [1.54, 1.807) is 6.08 Å². The molecule has 0 N–H and O–H groups in total. The second-order valence-electron chi connectivity index (χ2n) is 3.66. The van der Waals surface area contributed by atoms with Crippen LogP contribution in [0, 0.1) is 5.41 Å². The van der Waals surface area contributed by atoms with E-state index in [9.17, 15) is 4.79 Å². The van der Waals surface area contributed by atoms with E-state index in [4.69, 9.17) is 0 Å². The molecule has 0 aromatic rings. The van der Waals surface area contributed by atoms with E-state index in [1.807, 2.05) is 6.08 Å². The fourth-order valence-electron chi connectivity index (χ4n) is 0.668. The highest BCUT2D eigenvalue weighted by Crippen LogP contribution is 2.20. The van der Waals surface area contributed by atoms with Gasteiger partial charge in [-0.3, -0.25) is 4.79 Å². The Bertz CT molecular complexity index is 117. The summed E-state index contributed by atoms with van der Waals surface area (Å²) in [7, 11) is 0. The summed E-state index contributed by atoms with van der Waals surface area (Å²) < 4.78 is 0. The van der Waals surface area contributed by atoms with E-state index in [-0.39, 0.29) is 0 Å². The number of carbonyl (C=O) groups excluding carboxylic acids is 1. The van der Waals surface area contributed by atoms with Crippen LogP contribution in [0.2, 0.25) is 0 Å². The van der Waals surface area contributed by atoms with Gasteiger partial charge in [0.15, 0.2) is 0 Å². The molecule has 0 heterocycles. The molecule has 1 heteroatoms. The number of rotatable bonds is 3. The highest BCUT2D eigenvalue weighted by Gasteiger charge is 2.07. The van der Waals surface area contributed by atoms with Gasteiger partial charge in [0, 0.05) is 0 Å². The zero-order valence-electron chi connectivity index (χ0n) is 7.05. The van der Waals surface area contributed by atoms with Gasteiger partial charge in [-0.1, -0.05) is 26.8 Å². The number of allylic oxidation sites excluding steroid dienone is 2. The minimum Gasteiger partial charge on any atom is -0.299 e. The summed E-state index contributed by atoms with van der Waals surface area (Å²) in [6.07, 6.45) is 6.44. The molecule has 0 aliphatic heterocycles. The largest absolute Gasteiger partial charge is 0.299 e. The summed E-state index contributed by atoms with van der Waals surface area (Å²) in [5, 5.41) is 0. The van der Waals surface area contributed by atoms with Crippen molar-refractivity contribution in [2.24, 2.45) is 5.41 Å². The molecule has 0 unspecified atom stereocenters. The molecule has 0 saturated heterocycles. The van der Waals surface area contributed by atoms with Gasteiger partial charge in [-0.15, -0.1) is 0 Å². The van der Waals surface area contributed by atoms with Crippen molar-refractivity contribution in [1.29, 1.82) is 0 Å². The van der Waals surface area contributed by atoms with Crippen LogP contribution >= 0.6 is 0 Å². The number of aldehydes is 1. The van der Waals surface area contributed by atoms with E-state index in [1.165, 1.54) is 0 Å². The molecule has 0 saturated carbocycles. The Morgan fingerprint density at radius 2 is 1.90 bits per heavy atom. The monoisotopic (exact) mass is 140 g/mol. The average molecular weight is 140 g/mol. The molecule has 0 aromatic heterocycles. The van der Waals surface area contributed by atoms with Gasteiger partial charge in [0.2, 0.25) is 0 Å². The zero-order valence-corrected chi connectivity index (χ0v) is 7.05. The Morgan fingerprint density at radius 3 is 2.30 bits per heavy atom. The van der Waals surface area contributed by atoms with Crippen LogP contribution in [-0.2, 0) is 4.79 Å². The lowest BCUT2D eigenvalue weighted by Crippen LogP contribution is -2.02. The first kappa shape index (κ1) is 9.41. The van der Waals surface area contributed by atoms with Crippen LogP contribution in [0.25, 0.3) is 0 Å². The van der Waals surface area contributed by atoms with Crippen molar-refractivity contribution >= 4 is 6.29 Å². The fourth-order valence-corrected chi connectivity index (χ4v) is 0.668. The molecule has 0 rings (SSSR count). The first-order valence-corrected chi connectivity index (χ1v) is 3.66. The van der Waals surface area contributed by atoms with E-state index in [0.29, 0.717) is 5.41 Å². The number of hydrogen-bond acceptors (Lipinski definition) is 1. The summed E-state index contributed by atoms with van der Waals surface area (Å²) in [6, 6.07) is 0. The summed E-state index contributed by atoms with van der Waals surface area (Å²) in [5.74, 6) is 0.